The first-order valence-corrected chi connectivity index (χ1v) is 4.37. The van der Waals surface area contributed by atoms with Crippen molar-refractivity contribution in [3.8, 4) is 11.8 Å². The molecule has 0 radical (unpaired) electrons. The zero-order valence-electron chi connectivity index (χ0n) is 8.20. The second-order valence-electron chi connectivity index (χ2n) is 2.64. The molecule has 0 aliphatic heterocycles. The van der Waals surface area contributed by atoms with Crippen LogP contribution in [0.4, 0.5) is 0 Å². The number of carbonyl (C=O) groups excluding carboxylic acids is 1. The zero-order chi connectivity index (χ0) is 11.4. The molecule has 15 heavy (non-hydrogen) atoms. The average Bonchev–Trinajstić information content (AvgIpc) is 2.28. The predicted octanol–water partition coefficient (Wildman–Crippen LogP) is 2.01. The molecule has 0 fully saturated rings. The average molecular weight is 226 g/mol. The molecule has 4 nitrogen and oxygen atoms in total. The van der Waals surface area contributed by atoms with Gasteiger partial charge in [-0.25, -0.2) is 4.79 Å². The molecule has 0 aromatic heterocycles. The summed E-state index contributed by atoms with van der Waals surface area (Å²) in [4.78, 5) is 11.3. The van der Waals surface area contributed by atoms with Gasteiger partial charge >= 0.3 is 5.97 Å². The summed E-state index contributed by atoms with van der Waals surface area (Å²) in [5.74, 6) is -0.216. The Kier molecular flexibility index (Phi) is 3.53. The van der Waals surface area contributed by atoms with Crippen molar-refractivity contribution in [1.29, 1.82) is 5.26 Å². The van der Waals surface area contributed by atoms with Gasteiger partial charge in [-0.2, -0.15) is 5.26 Å². The third-order valence-corrected chi connectivity index (χ3v) is 2.21. The van der Waals surface area contributed by atoms with Gasteiger partial charge in [-0.3, -0.25) is 0 Å². The lowest BCUT2D eigenvalue weighted by atomic mass is 10.1. The topological polar surface area (TPSA) is 59.3 Å². The van der Waals surface area contributed by atoms with Crippen LogP contribution in [0.1, 0.15) is 15.9 Å². The standard InChI is InChI=1S/C10H8ClNO3/c1-14-7-3-6(5-12)9(11)8(4-7)10(13)15-2/h3-4H,1-2H3. The van der Waals surface area contributed by atoms with Gasteiger partial charge in [0.05, 0.1) is 30.4 Å². The van der Waals surface area contributed by atoms with E-state index in [1.807, 2.05) is 6.07 Å². The number of nitrogens with zero attached hydrogens (tertiary/aromatic N) is 1. The maximum atomic E-state index is 11.3. The fraction of sp³-hybridized carbons (Fsp3) is 0.200. The molecule has 0 aliphatic carbocycles. The van der Waals surface area contributed by atoms with Crippen LogP contribution in [0.15, 0.2) is 12.1 Å². The van der Waals surface area contributed by atoms with E-state index in [2.05, 4.69) is 4.74 Å². The molecular weight excluding hydrogens is 218 g/mol. The molecule has 0 aliphatic rings. The highest BCUT2D eigenvalue weighted by molar-refractivity contribution is 6.34. The maximum absolute atomic E-state index is 11.3. The van der Waals surface area contributed by atoms with Crippen molar-refractivity contribution in [3.05, 3.63) is 28.3 Å². The lowest BCUT2D eigenvalue weighted by Gasteiger charge is -2.06. The molecule has 0 saturated carbocycles. The van der Waals surface area contributed by atoms with Crippen molar-refractivity contribution >= 4 is 17.6 Å². The van der Waals surface area contributed by atoms with Gasteiger partial charge in [0.15, 0.2) is 0 Å². The molecular formula is C10H8ClNO3. The highest BCUT2D eigenvalue weighted by Gasteiger charge is 2.16. The molecule has 1 rings (SSSR count). The minimum atomic E-state index is -0.601. The molecule has 0 heterocycles. The molecule has 0 bridgehead atoms. The van der Waals surface area contributed by atoms with Crippen LogP contribution in [-0.2, 0) is 4.74 Å². The van der Waals surface area contributed by atoms with Crippen LogP contribution in [0.5, 0.6) is 5.75 Å². The van der Waals surface area contributed by atoms with Crippen molar-refractivity contribution in [1.82, 2.24) is 0 Å². The first kappa shape index (κ1) is 11.3. The Hall–Kier alpha value is -1.73. The summed E-state index contributed by atoms with van der Waals surface area (Å²) in [6, 6.07) is 4.75. The molecule has 0 amide bonds. The Morgan fingerprint density at radius 1 is 1.47 bits per heavy atom. The molecule has 0 spiro atoms. The van der Waals surface area contributed by atoms with Crippen molar-refractivity contribution in [2.75, 3.05) is 14.2 Å². The van der Waals surface area contributed by atoms with E-state index in [0.29, 0.717) is 5.75 Å². The van der Waals surface area contributed by atoms with Crippen LogP contribution in [-0.4, -0.2) is 20.2 Å². The van der Waals surface area contributed by atoms with Crippen molar-refractivity contribution in [2.45, 2.75) is 0 Å². The van der Waals surface area contributed by atoms with E-state index < -0.39 is 5.97 Å². The fourth-order valence-corrected chi connectivity index (χ4v) is 1.28. The number of benzene rings is 1. The summed E-state index contributed by atoms with van der Waals surface area (Å²) in [5.41, 5.74) is 0.298. The lowest BCUT2D eigenvalue weighted by Crippen LogP contribution is -2.03. The first-order chi connectivity index (χ1) is 7.13. The van der Waals surface area contributed by atoms with Gasteiger partial charge in [-0.15, -0.1) is 0 Å². The summed E-state index contributed by atoms with van der Waals surface area (Å²) in [5, 5.41) is 8.85. The summed E-state index contributed by atoms with van der Waals surface area (Å²) in [6.45, 7) is 0. The Balaban J connectivity index is 3.38. The number of methoxy groups -OCH3 is 2. The molecule has 0 saturated heterocycles. The summed E-state index contributed by atoms with van der Waals surface area (Å²) < 4.78 is 9.46. The molecule has 5 heteroatoms. The van der Waals surface area contributed by atoms with Gasteiger partial charge < -0.3 is 9.47 Å². The van der Waals surface area contributed by atoms with E-state index in [-0.39, 0.29) is 16.1 Å². The minimum Gasteiger partial charge on any atom is -0.497 e. The van der Waals surface area contributed by atoms with Crippen LogP contribution in [0.3, 0.4) is 0 Å². The van der Waals surface area contributed by atoms with Crippen molar-refractivity contribution in [2.24, 2.45) is 0 Å². The normalized spacial score (nSPS) is 9.20. The van der Waals surface area contributed by atoms with Crippen LogP contribution in [0.2, 0.25) is 5.02 Å². The van der Waals surface area contributed by atoms with E-state index >= 15 is 0 Å². The van der Waals surface area contributed by atoms with Crippen LogP contribution in [0, 0.1) is 11.3 Å². The van der Waals surface area contributed by atoms with E-state index in [4.69, 9.17) is 21.6 Å². The van der Waals surface area contributed by atoms with Gasteiger partial charge in [0.1, 0.15) is 11.8 Å². The predicted molar refractivity (Wildman–Crippen MR) is 54.1 cm³/mol. The van der Waals surface area contributed by atoms with Gasteiger partial charge in [0.2, 0.25) is 0 Å². The number of hydrogen-bond acceptors (Lipinski definition) is 4. The molecule has 0 atom stereocenters. The third-order valence-electron chi connectivity index (χ3n) is 1.81. The number of halogens is 1. The van der Waals surface area contributed by atoms with Crippen LogP contribution in [0.25, 0.3) is 0 Å². The van der Waals surface area contributed by atoms with E-state index in [9.17, 15) is 4.79 Å². The van der Waals surface area contributed by atoms with Gasteiger partial charge in [0, 0.05) is 0 Å². The largest absolute Gasteiger partial charge is 0.497 e. The van der Waals surface area contributed by atoms with E-state index in [1.165, 1.54) is 26.4 Å². The number of ether oxygens (including phenoxy) is 2. The number of rotatable bonds is 2. The Bertz CT molecular complexity index is 437. The smallest absolute Gasteiger partial charge is 0.339 e. The molecule has 0 N–H and O–H groups in total. The second-order valence-corrected chi connectivity index (χ2v) is 3.02. The van der Waals surface area contributed by atoms with E-state index in [0.717, 1.165) is 0 Å². The minimum absolute atomic E-state index is 0.0742. The van der Waals surface area contributed by atoms with Crippen LogP contribution < -0.4 is 4.74 Å². The highest BCUT2D eigenvalue weighted by atomic mass is 35.5. The molecule has 1 aromatic carbocycles. The lowest BCUT2D eigenvalue weighted by molar-refractivity contribution is 0.0600. The first-order valence-electron chi connectivity index (χ1n) is 4.00. The maximum Gasteiger partial charge on any atom is 0.339 e. The van der Waals surface area contributed by atoms with Crippen LogP contribution >= 0.6 is 11.6 Å². The quantitative estimate of drug-likeness (QED) is 0.723. The highest BCUT2D eigenvalue weighted by Crippen LogP contribution is 2.27. The zero-order valence-corrected chi connectivity index (χ0v) is 8.96. The number of carbonyl (C=O) groups is 1. The Morgan fingerprint density at radius 2 is 2.13 bits per heavy atom. The number of nitriles is 1. The van der Waals surface area contributed by atoms with Gasteiger partial charge in [-0.1, -0.05) is 11.6 Å². The van der Waals surface area contributed by atoms with Gasteiger partial charge in [0.25, 0.3) is 0 Å². The third kappa shape index (κ3) is 2.20. The number of esters is 1. The molecule has 78 valence electrons. The SMILES string of the molecule is COC(=O)c1cc(OC)cc(C#N)c1Cl. The molecule has 1 aromatic rings. The van der Waals surface area contributed by atoms with E-state index in [1.54, 1.807) is 0 Å². The summed E-state index contributed by atoms with van der Waals surface area (Å²) >= 11 is 5.83. The second kappa shape index (κ2) is 4.67. The van der Waals surface area contributed by atoms with Gasteiger partial charge in [-0.05, 0) is 12.1 Å². The monoisotopic (exact) mass is 225 g/mol. The fourth-order valence-electron chi connectivity index (χ4n) is 1.06. The molecule has 0 unspecified atom stereocenters. The van der Waals surface area contributed by atoms with Crippen molar-refractivity contribution in [3.63, 3.8) is 0 Å². The summed E-state index contributed by atoms with van der Waals surface area (Å²) in [7, 11) is 2.68. The van der Waals surface area contributed by atoms with Crippen molar-refractivity contribution < 1.29 is 14.3 Å². The number of hydrogen-bond donors (Lipinski definition) is 0. The Morgan fingerprint density at radius 3 is 2.60 bits per heavy atom. The Labute approximate surface area is 92.0 Å². The summed E-state index contributed by atoms with van der Waals surface area (Å²) in [6.07, 6.45) is 0.